The first-order valence-corrected chi connectivity index (χ1v) is 8.97. The number of hydrogen-bond acceptors (Lipinski definition) is 4. The van der Waals surface area contributed by atoms with Gasteiger partial charge in [0, 0.05) is 50.8 Å². The summed E-state index contributed by atoms with van der Waals surface area (Å²) in [6, 6.07) is 5.78. The Morgan fingerprint density at radius 2 is 1.78 bits per heavy atom. The van der Waals surface area contributed by atoms with Gasteiger partial charge < -0.3 is 24.4 Å². The molecule has 2 fully saturated rings. The fourth-order valence-electron chi connectivity index (χ4n) is 4.64. The van der Waals surface area contributed by atoms with Crippen LogP contribution in [0.1, 0.15) is 26.7 Å². The van der Waals surface area contributed by atoms with Crippen molar-refractivity contribution in [2.75, 3.05) is 26.1 Å². The number of urea groups is 1. The second-order valence-electron chi connectivity index (χ2n) is 7.68. The zero-order chi connectivity index (χ0) is 19.8. The molecule has 150 valence electrons. The third-order valence-corrected chi connectivity index (χ3v) is 5.66. The summed E-state index contributed by atoms with van der Waals surface area (Å²) < 4.78 is 39.7. The van der Waals surface area contributed by atoms with Crippen LogP contribution in [0.2, 0.25) is 0 Å². The van der Waals surface area contributed by atoms with E-state index in [-0.39, 0.29) is 29.2 Å². The third-order valence-electron chi connectivity index (χ3n) is 5.66. The van der Waals surface area contributed by atoms with Crippen molar-refractivity contribution in [3.05, 3.63) is 24.3 Å². The maximum Gasteiger partial charge on any atom is 0.387 e. The van der Waals surface area contributed by atoms with Gasteiger partial charge in [-0.15, -0.1) is 0 Å². The average Bonchev–Trinajstić information content (AvgIpc) is 2.54. The summed E-state index contributed by atoms with van der Waals surface area (Å²) in [5.74, 6) is -0.204. The Kier molecular flexibility index (Phi) is 5.31. The lowest BCUT2D eigenvalue weighted by atomic mass is 9.52. The van der Waals surface area contributed by atoms with E-state index >= 15 is 0 Å². The highest BCUT2D eigenvalue weighted by Crippen LogP contribution is 2.61. The summed E-state index contributed by atoms with van der Waals surface area (Å²) >= 11 is 0. The zero-order valence-electron chi connectivity index (χ0n) is 16.0. The van der Waals surface area contributed by atoms with E-state index in [1.54, 1.807) is 26.4 Å². The van der Waals surface area contributed by atoms with Crippen LogP contribution in [0.25, 0.3) is 0 Å². The fourth-order valence-corrected chi connectivity index (χ4v) is 4.64. The zero-order valence-corrected chi connectivity index (χ0v) is 16.0. The molecule has 1 aliphatic carbocycles. The van der Waals surface area contributed by atoms with E-state index in [9.17, 15) is 13.6 Å². The summed E-state index contributed by atoms with van der Waals surface area (Å²) in [6.07, 6.45) is 1.53. The average molecular weight is 384 g/mol. The molecule has 2 amide bonds. The van der Waals surface area contributed by atoms with Crippen molar-refractivity contribution in [1.29, 1.82) is 0 Å². The standard InChI is InChI=1S/C19H26F2N2O4/c1-12(2)15-18(9-19(10-18,25-3)26-4)11-23(15)17(24)22-13-5-7-14(8-6-13)27-16(20)21/h5-8,12,15-16H,9-11H2,1-4H3,(H,22,24). The molecule has 1 aromatic rings. The number of nitrogens with zero attached hydrogens (tertiary/aromatic N) is 1. The Morgan fingerprint density at radius 1 is 1.19 bits per heavy atom. The third kappa shape index (κ3) is 3.60. The van der Waals surface area contributed by atoms with Gasteiger partial charge in [0.15, 0.2) is 5.79 Å². The highest BCUT2D eigenvalue weighted by Gasteiger charge is 2.67. The van der Waals surface area contributed by atoms with E-state index in [1.165, 1.54) is 12.1 Å². The molecule has 1 unspecified atom stereocenters. The molecule has 8 heteroatoms. The van der Waals surface area contributed by atoms with E-state index in [0.717, 1.165) is 12.8 Å². The van der Waals surface area contributed by atoms with Crippen LogP contribution < -0.4 is 10.1 Å². The van der Waals surface area contributed by atoms with Crippen molar-refractivity contribution >= 4 is 11.7 Å². The Hall–Kier alpha value is -1.93. The van der Waals surface area contributed by atoms with Gasteiger partial charge in [-0.1, -0.05) is 13.8 Å². The Morgan fingerprint density at radius 3 is 2.26 bits per heavy atom. The number of benzene rings is 1. The molecule has 3 rings (SSSR count). The van der Waals surface area contributed by atoms with Crippen LogP contribution in [0, 0.1) is 11.3 Å². The number of anilines is 1. The molecule has 1 saturated carbocycles. The van der Waals surface area contributed by atoms with Crippen LogP contribution in [0.5, 0.6) is 5.75 Å². The van der Waals surface area contributed by atoms with Crippen LogP contribution in [0.15, 0.2) is 24.3 Å². The molecule has 1 aromatic carbocycles. The van der Waals surface area contributed by atoms with Crippen molar-refractivity contribution in [3.8, 4) is 5.75 Å². The first kappa shape index (κ1) is 19.8. The van der Waals surface area contributed by atoms with Gasteiger partial charge in [0.2, 0.25) is 0 Å². The predicted molar refractivity (Wildman–Crippen MR) is 95.8 cm³/mol. The van der Waals surface area contributed by atoms with Crippen molar-refractivity contribution in [2.45, 2.75) is 45.1 Å². The fraction of sp³-hybridized carbons (Fsp3) is 0.632. The van der Waals surface area contributed by atoms with Gasteiger partial charge in [0.1, 0.15) is 5.75 Å². The number of amides is 2. The summed E-state index contributed by atoms with van der Waals surface area (Å²) in [5.41, 5.74) is 0.550. The maximum atomic E-state index is 12.7. The van der Waals surface area contributed by atoms with Crippen LogP contribution >= 0.6 is 0 Å². The second-order valence-corrected chi connectivity index (χ2v) is 7.68. The SMILES string of the molecule is COC1(OC)CC2(CN(C(=O)Nc3ccc(OC(F)F)cc3)C2C(C)C)C1. The van der Waals surface area contributed by atoms with Crippen molar-refractivity contribution in [1.82, 2.24) is 4.90 Å². The molecule has 0 bridgehead atoms. The van der Waals surface area contributed by atoms with Crippen molar-refractivity contribution < 1.29 is 27.8 Å². The quantitative estimate of drug-likeness (QED) is 0.755. The van der Waals surface area contributed by atoms with E-state index in [1.807, 2.05) is 4.90 Å². The summed E-state index contributed by atoms with van der Waals surface area (Å²) in [7, 11) is 3.29. The first-order chi connectivity index (χ1) is 12.7. The number of ether oxygens (including phenoxy) is 3. The number of hydrogen-bond donors (Lipinski definition) is 1. The van der Waals surface area contributed by atoms with Gasteiger partial charge >= 0.3 is 12.6 Å². The number of halogens is 2. The van der Waals surface area contributed by atoms with Crippen molar-refractivity contribution in [3.63, 3.8) is 0 Å². The molecule has 1 spiro atoms. The number of likely N-dealkylation sites (tertiary alicyclic amines) is 1. The Balaban J connectivity index is 1.62. The molecule has 1 heterocycles. The maximum absolute atomic E-state index is 12.7. The lowest BCUT2D eigenvalue weighted by Gasteiger charge is -2.68. The molecule has 2 aliphatic rings. The van der Waals surface area contributed by atoms with Gasteiger partial charge in [0.25, 0.3) is 0 Å². The summed E-state index contributed by atoms with van der Waals surface area (Å²) in [5, 5.41) is 2.83. The number of carbonyl (C=O) groups is 1. The monoisotopic (exact) mass is 384 g/mol. The summed E-state index contributed by atoms with van der Waals surface area (Å²) in [4.78, 5) is 14.5. The minimum atomic E-state index is -2.87. The molecular formula is C19H26F2N2O4. The van der Waals surface area contributed by atoms with Crippen LogP contribution in [-0.2, 0) is 9.47 Å². The number of carbonyl (C=O) groups excluding carboxylic acids is 1. The minimum Gasteiger partial charge on any atom is -0.435 e. The van der Waals surface area contributed by atoms with E-state index in [0.29, 0.717) is 12.2 Å². The van der Waals surface area contributed by atoms with Gasteiger partial charge in [-0.2, -0.15) is 8.78 Å². The Labute approximate surface area is 157 Å². The minimum absolute atomic E-state index is 0.0203. The largest absolute Gasteiger partial charge is 0.435 e. The Bertz CT molecular complexity index is 669. The smallest absolute Gasteiger partial charge is 0.387 e. The van der Waals surface area contributed by atoms with Crippen LogP contribution in [-0.4, -0.2) is 50.1 Å². The molecule has 27 heavy (non-hydrogen) atoms. The van der Waals surface area contributed by atoms with Gasteiger partial charge in [-0.3, -0.25) is 0 Å². The number of rotatable bonds is 6. The van der Waals surface area contributed by atoms with E-state index in [2.05, 4.69) is 23.9 Å². The lowest BCUT2D eigenvalue weighted by Crippen LogP contribution is -2.77. The van der Waals surface area contributed by atoms with Crippen LogP contribution in [0.4, 0.5) is 19.3 Å². The lowest BCUT2D eigenvalue weighted by molar-refractivity contribution is -0.331. The molecule has 1 saturated heterocycles. The number of methoxy groups -OCH3 is 2. The number of alkyl halides is 2. The van der Waals surface area contributed by atoms with Gasteiger partial charge in [-0.25, -0.2) is 4.79 Å². The van der Waals surface area contributed by atoms with E-state index < -0.39 is 12.4 Å². The second kappa shape index (κ2) is 7.24. The molecular weight excluding hydrogens is 358 g/mol. The molecule has 1 aliphatic heterocycles. The molecule has 6 nitrogen and oxygen atoms in total. The summed E-state index contributed by atoms with van der Waals surface area (Å²) in [6.45, 7) is 1.97. The molecule has 0 radical (unpaired) electrons. The van der Waals surface area contributed by atoms with Gasteiger partial charge in [-0.05, 0) is 30.2 Å². The highest BCUT2D eigenvalue weighted by molar-refractivity contribution is 5.90. The normalized spacial score (nSPS) is 22.5. The van der Waals surface area contributed by atoms with Crippen LogP contribution in [0.3, 0.4) is 0 Å². The highest BCUT2D eigenvalue weighted by atomic mass is 19.3. The molecule has 0 aromatic heterocycles. The van der Waals surface area contributed by atoms with E-state index in [4.69, 9.17) is 9.47 Å². The first-order valence-electron chi connectivity index (χ1n) is 8.97. The molecule has 1 N–H and O–H groups in total. The number of nitrogens with one attached hydrogen (secondary N) is 1. The molecule has 1 atom stereocenters. The van der Waals surface area contributed by atoms with Crippen molar-refractivity contribution in [2.24, 2.45) is 11.3 Å². The topological polar surface area (TPSA) is 60.0 Å². The van der Waals surface area contributed by atoms with Gasteiger partial charge in [0.05, 0.1) is 0 Å². The predicted octanol–water partition coefficient (Wildman–Crippen LogP) is 3.93.